The Hall–Kier alpha value is -0.940. The predicted octanol–water partition coefficient (Wildman–Crippen LogP) is 2.14. The summed E-state index contributed by atoms with van der Waals surface area (Å²) in [6, 6.07) is 3.77. The molecule has 0 radical (unpaired) electrons. The summed E-state index contributed by atoms with van der Waals surface area (Å²) in [6.07, 6.45) is 2.58. The van der Waals surface area contributed by atoms with Gasteiger partial charge in [-0.2, -0.15) is 11.8 Å². The summed E-state index contributed by atoms with van der Waals surface area (Å²) in [6.45, 7) is 3.48. The lowest BCUT2D eigenvalue weighted by Gasteiger charge is -2.29. The molecule has 1 aromatic rings. The third-order valence-electron chi connectivity index (χ3n) is 3.90. The molecular formula is C14H18ClN3OS. The number of hydrogen-bond donors (Lipinski definition) is 0. The van der Waals surface area contributed by atoms with Crippen molar-refractivity contribution in [3.05, 3.63) is 23.4 Å². The average Bonchev–Trinajstić information content (AvgIpc) is 2.98. The van der Waals surface area contributed by atoms with E-state index < -0.39 is 0 Å². The molecule has 0 N–H and O–H groups in total. The van der Waals surface area contributed by atoms with Crippen LogP contribution in [0.4, 0.5) is 5.82 Å². The van der Waals surface area contributed by atoms with E-state index in [0.717, 1.165) is 49.9 Å². The van der Waals surface area contributed by atoms with Gasteiger partial charge in [-0.15, -0.1) is 0 Å². The van der Waals surface area contributed by atoms with Gasteiger partial charge in [-0.05, 0) is 18.6 Å². The minimum atomic E-state index is 0.121. The van der Waals surface area contributed by atoms with Crippen molar-refractivity contribution >= 4 is 35.1 Å². The topological polar surface area (TPSA) is 36.4 Å². The number of pyridine rings is 1. The van der Waals surface area contributed by atoms with E-state index in [-0.39, 0.29) is 5.92 Å². The third kappa shape index (κ3) is 3.04. The number of nitrogens with zero attached hydrogens (tertiary/aromatic N) is 3. The fraction of sp³-hybridized carbons (Fsp3) is 0.571. The van der Waals surface area contributed by atoms with Crippen molar-refractivity contribution in [3.63, 3.8) is 0 Å². The molecule has 2 aliphatic rings. The first-order chi connectivity index (χ1) is 9.74. The van der Waals surface area contributed by atoms with Crippen LogP contribution >= 0.6 is 23.4 Å². The first-order valence-corrected chi connectivity index (χ1v) is 8.50. The second-order valence-electron chi connectivity index (χ2n) is 5.20. The maximum Gasteiger partial charge on any atom is 0.227 e. The minimum Gasteiger partial charge on any atom is -0.356 e. The Morgan fingerprint density at radius 1 is 1.30 bits per heavy atom. The number of rotatable bonds is 2. The molecule has 6 heteroatoms. The molecule has 3 rings (SSSR count). The molecule has 2 saturated heterocycles. The van der Waals surface area contributed by atoms with Crippen molar-refractivity contribution in [2.75, 3.05) is 42.6 Å². The molecule has 20 heavy (non-hydrogen) atoms. The average molecular weight is 312 g/mol. The summed E-state index contributed by atoms with van der Waals surface area (Å²) in [5, 5.41) is 0.645. The van der Waals surface area contributed by atoms with Gasteiger partial charge in [-0.1, -0.05) is 11.6 Å². The van der Waals surface area contributed by atoms with Crippen molar-refractivity contribution in [3.8, 4) is 0 Å². The van der Waals surface area contributed by atoms with Crippen molar-refractivity contribution in [1.29, 1.82) is 0 Å². The zero-order chi connectivity index (χ0) is 13.9. The molecular weight excluding hydrogens is 294 g/mol. The number of aromatic nitrogens is 1. The highest BCUT2D eigenvalue weighted by Crippen LogP contribution is 2.25. The van der Waals surface area contributed by atoms with E-state index in [9.17, 15) is 4.79 Å². The number of carbonyl (C=O) groups is 1. The summed E-state index contributed by atoms with van der Waals surface area (Å²) in [4.78, 5) is 21.0. The van der Waals surface area contributed by atoms with Gasteiger partial charge in [0.15, 0.2) is 0 Å². The normalized spacial score (nSPS) is 23.1. The van der Waals surface area contributed by atoms with Crippen LogP contribution in [0.2, 0.25) is 5.02 Å². The van der Waals surface area contributed by atoms with E-state index in [1.54, 1.807) is 6.20 Å². The summed E-state index contributed by atoms with van der Waals surface area (Å²) in [5.74, 6) is 3.50. The van der Waals surface area contributed by atoms with Gasteiger partial charge in [0.2, 0.25) is 5.91 Å². The summed E-state index contributed by atoms with van der Waals surface area (Å²) in [5.41, 5.74) is 0. The van der Waals surface area contributed by atoms with Crippen molar-refractivity contribution < 1.29 is 4.79 Å². The number of halogens is 1. The molecule has 108 valence electrons. The second-order valence-corrected chi connectivity index (χ2v) is 6.87. The van der Waals surface area contributed by atoms with E-state index in [1.807, 2.05) is 28.8 Å². The molecule has 1 amide bonds. The zero-order valence-electron chi connectivity index (χ0n) is 11.3. The fourth-order valence-corrected chi connectivity index (χ4v) is 3.78. The van der Waals surface area contributed by atoms with Gasteiger partial charge in [-0.3, -0.25) is 4.79 Å². The monoisotopic (exact) mass is 311 g/mol. The van der Waals surface area contributed by atoms with Crippen LogP contribution < -0.4 is 4.90 Å². The Bertz CT molecular complexity index is 476. The quantitative estimate of drug-likeness (QED) is 0.838. The summed E-state index contributed by atoms with van der Waals surface area (Å²) < 4.78 is 0. The summed E-state index contributed by atoms with van der Waals surface area (Å²) in [7, 11) is 0. The molecule has 2 fully saturated rings. The number of hydrogen-bond acceptors (Lipinski definition) is 4. The van der Waals surface area contributed by atoms with Gasteiger partial charge in [-0.25, -0.2) is 4.98 Å². The smallest absolute Gasteiger partial charge is 0.227 e. The second kappa shape index (κ2) is 6.22. The number of carbonyl (C=O) groups excluding carboxylic acids is 1. The SMILES string of the molecule is O=C(C1CCN(c2ccc(Cl)cn2)C1)N1CCSCC1. The molecule has 3 heterocycles. The van der Waals surface area contributed by atoms with Gasteiger partial charge in [0, 0.05) is 43.9 Å². The maximum absolute atomic E-state index is 12.5. The molecule has 1 aromatic heterocycles. The van der Waals surface area contributed by atoms with Crippen LogP contribution in [-0.4, -0.2) is 53.5 Å². The third-order valence-corrected chi connectivity index (χ3v) is 5.06. The molecule has 0 aromatic carbocycles. The molecule has 0 bridgehead atoms. The fourth-order valence-electron chi connectivity index (χ4n) is 2.77. The lowest BCUT2D eigenvalue weighted by Crippen LogP contribution is -2.42. The van der Waals surface area contributed by atoms with Crippen LogP contribution in [0.5, 0.6) is 0 Å². The number of amides is 1. The van der Waals surface area contributed by atoms with Crippen LogP contribution in [-0.2, 0) is 4.79 Å². The highest BCUT2D eigenvalue weighted by Gasteiger charge is 2.32. The van der Waals surface area contributed by atoms with Crippen LogP contribution in [0.1, 0.15) is 6.42 Å². The van der Waals surface area contributed by atoms with Gasteiger partial charge in [0.25, 0.3) is 0 Å². The van der Waals surface area contributed by atoms with Crippen LogP contribution in [0.3, 0.4) is 0 Å². The molecule has 0 aliphatic carbocycles. The van der Waals surface area contributed by atoms with Gasteiger partial charge >= 0.3 is 0 Å². The van der Waals surface area contributed by atoms with Gasteiger partial charge < -0.3 is 9.80 Å². The van der Waals surface area contributed by atoms with E-state index in [2.05, 4.69) is 9.88 Å². The lowest BCUT2D eigenvalue weighted by molar-refractivity contribution is -0.134. The maximum atomic E-state index is 12.5. The Balaban J connectivity index is 1.61. The van der Waals surface area contributed by atoms with Crippen LogP contribution in [0.15, 0.2) is 18.3 Å². The Morgan fingerprint density at radius 2 is 2.10 bits per heavy atom. The molecule has 2 aliphatic heterocycles. The van der Waals surface area contributed by atoms with E-state index in [0.29, 0.717) is 10.9 Å². The highest BCUT2D eigenvalue weighted by atomic mass is 35.5. The van der Waals surface area contributed by atoms with Crippen molar-refractivity contribution in [2.45, 2.75) is 6.42 Å². The first kappa shape index (κ1) is 14.0. The highest BCUT2D eigenvalue weighted by molar-refractivity contribution is 7.99. The molecule has 1 unspecified atom stereocenters. The van der Waals surface area contributed by atoms with Crippen LogP contribution in [0, 0.1) is 5.92 Å². The Labute approximate surface area is 128 Å². The predicted molar refractivity (Wildman–Crippen MR) is 83.5 cm³/mol. The van der Waals surface area contributed by atoms with Crippen molar-refractivity contribution in [1.82, 2.24) is 9.88 Å². The minimum absolute atomic E-state index is 0.121. The van der Waals surface area contributed by atoms with Crippen LogP contribution in [0.25, 0.3) is 0 Å². The van der Waals surface area contributed by atoms with Crippen molar-refractivity contribution in [2.24, 2.45) is 5.92 Å². The molecule has 1 atom stereocenters. The number of thioether (sulfide) groups is 1. The summed E-state index contributed by atoms with van der Waals surface area (Å²) >= 11 is 7.79. The van der Waals surface area contributed by atoms with Gasteiger partial charge in [0.1, 0.15) is 5.82 Å². The Morgan fingerprint density at radius 3 is 2.80 bits per heavy atom. The molecule has 4 nitrogen and oxygen atoms in total. The lowest BCUT2D eigenvalue weighted by atomic mass is 10.1. The number of anilines is 1. The van der Waals surface area contributed by atoms with E-state index in [4.69, 9.17) is 11.6 Å². The van der Waals surface area contributed by atoms with E-state index in [1.165, 1.54) is 0 Å². The standard InChI is InChI=1S/C14H18ClN3OS/c15-12-1-2-13(16-9-12)18-4-3-11(10-18)14(19)17-5-7-20-8-6-17/h1-2,9,11H,3-8,10H2. The first-order valence-electron chi connectivity index (χ1n) is 6.97. The van der Waals surface area contributed by atoms with Gasteiger partial charge in [0.05, 0.1) is 10.9 Å². The Kier molecular flexibility index (Phi) is 4.36. The molecule has 0 spiro atoms. The largest absolute Gasteiger partial charge is 0.356 e. The zero-order valence-corrected chi connectivity index (χ0v) is 12.9. The molecule has 0 saturated carbocycles. The van der Waals surface area contributed by atoms with E-state index >= 15 is 0 Å².